The van der Waals surface area contributed by atoms with Crippen molar-refractivity contribution in [3.05, 3.63) is 59.8 Å². The predicted molar refractivity (Wildman–Crippen MR) is 132 cm³/mol. The highest BCUT2D eigenvalue weighted by Gasteiger charge is 2.23. The van der Waals surface area contributed by atoms with Gasteiger partial charge in [0.25, 0.3) is 0 Å². The van der Waals surface area contributed by atoms with Crippen molar-refractivity contribution in [3.63, 3.8) is 0 Å². The Balaban J connectivity index is 1.42. The number of aromatic nitrogens is 1. The van der Waals surface area contributed by atoms with E-state index in [-0.39, 0.29) is 24.8 Å². The van der Waals surface area contributed by atoms with E-state index in [0.29, 0.717) is 18.0 Å². The molecule has 2 heterocycles. The molecule has 0 unspecified atom stereocenters. The van der Waals surface area contributed by atoms with E-state index in [1.54, 1.807) is 6.92 Å². The number of H-pyrrole nitrogens is 1. The summed E-state index contributed by atoms with van der Waals surface area (Å²) in [6.45, 7) is 9.05. The van der Waals surface area contributed by atoms with Gasteiger partial charge in [0, 0.05) is 43.6 Å². The second kappa shape index (κ2) is 11.2. The van der Waals surface area contributed by atoms with Crippen molar-refractivity contribution in [2.24, 2.45) is 0 Å². The first-order valence-corrected chi connectivity index (χ1v) is 11.8. The molecule has 0 bridgehead atoms. The smallest absolute Gasteiger partial charge is 0.356 e. The molecule has 2 N–H and O–H groups in total. The zero-order valence-corrected chi connectivity index (χ0v) is 19.8. The van der Waals surface area contributed by atoms with Crippen molar-refractivity contribution in [2.45, 2.75) is 20.4 Å². The van der Waals surface area contributed by atoms with Crippen LogP contribution in [-0.2, 0) is 16.1 Å². The largest absolute Gasteiger partial charge is 0.494 e. The lowest BCUT2D eigenvalue weighted by Crippen LogP contribution is -2.48. The maximum absolute atomic E-state index is 13.0. The molecule has 8 heteroatoms. The number of ether oxygens (including phenoxy) is 2. The molecular weight excluding hydrogens is 432 g/mol. The Morgan fingerprint density at radius 3 is 2.41 bits per heavy atom. The highest BCUT2D eigenvalue weighted by Crippen LogP contribution is 2.31. The van der Waals surface area contributed by atoms with Crippen LogP contribution in [0.3, 0.4) is 0 Å². The highest BCUT2D eigenvalue weighted by molar-refractivity contribution is 6.11. The van der Waals surface area contributed by atoms with Crippen molar-refractivity contribution in [2.75, 3.05) is 51.3 Å². The van der Waals surface area contributed by atoms with Crippen molar-refractivity contribution in [1.29, 1.82) is 0 Å². The van der Waals surface area contributed by atoms with E-state index in [1.165, 1.54) is 5.56 Å². The van der Waals surface area contributed by atoms with Crippen LogP contribution >= 0.6 is 0 Å². The van der Waals surface area contributed by atoms with Gasteiger partial charge in [0.2, 0.25) is 5.91 Å². The maximum atomic E-state index is 13.0. The second-order valence-corrected chi connectivity index (χ2v) is 8.32. The minimum absolute atomic E-state index is 0.162. The number of nitrogens with one attached hydrogen (secondary N) is 2. The number of anilines is 1. The SMILES string of the molecule is CCOC(=O)c1[nH]c2ccc(OCC)cc2c1NC(=O)CN1CCN(Cc2ccccc2)CC1. The number of piperazine rings is 1. The Hall–Kier alpha value is -3.36. The molecule has 0 radical (unpaired) electrons. The van der Waals surface area contributed by atoms with Gasteiger partial charge in [-0.15, -0.1) is 0 Å². The minimum atomic E-state index is -0.499. The third kappa shape index (κ3) is 5.76. The Bertz CT molecular complexity index is 1120. The first kappa shape index (κ1) is 23.8. The van der Waals surface area contributed by atoms with Gasteiger partial charge in [0.15, 0.2) is 0 Å². The molecule has 1 fully saturated rings. The number of carbonyl (C=O) groups is 2. The van der Waals surface area contributed by atoms with Crippen LogP contribution in [0.5, 0.6) is 5.75 Å². The Labute approximate surface area is 199 Å². The molecule has 0 saturated carbocycles. The van der Waals surface area contributed by atoms with Gasteiger partial charge in [-0.25, -0.2) is 4.79 Å². The molecule has 180 valence electrons. The Morgan fingerprint density at radius 1 is 0.971 bits per heavy atom. The molecule has 0 spiro atoms. The van der Waals surface area contributed by atoms with Crippen LogP contribution in [0.15, 0.2) is 48.5 Å². The Morgan fingerprint density at radius 2 is 1.71 bits per heavy atom. The molecular formula is C26H32N4O4. The van der Waals surface area contributed by atoms with E-state index in [2.05, 4.69) is 44.4 Å². The van der Waals surface area contributed by atoms with Crippen molar-refractivity contribution in [3.8, 4) is 5.75 Å². The van der Waals surface area contributed by atoms with Crippen LogP contribution in [0.4, 0.5) is 5.69 Å². The number of nitrogens with zero attached hydrogens (tertiary/aromatic N) is 2. The number of hydrogen-bond donors (Lipinski definition) is 2. The predicted octanol–water partition coefficient (Wildman–Crippen LogP) is 3.50. The first-order chi connectivity index (χ1) is 16.6. The Kier molecular flexibility index (Phi) is 7.82. The van der Waals surface area contributed by atoms with Gasteiger partial charge in [-0.1, -0.05) is 30.3 Å². The quantitative estimate of drug-likeness (QED) is 0.472. The van der Waals surface area contributed by atoms with E-state index >= 15 is 0 Å². The van der Waals surface area contributed by atoms with Crippen LogP contribution in [-0.4, -0.2) is 72.6 Å². The lowest BCUT2D eigenvalue weighted by Gasteiger charge is -2.34. The van der Waals surface area contributed by atoms with E-state index < -0.39 is 5.97 Å². The van der Waals surface area contributed by atoms with E-state index in [4.69, 9.17) is 9.47 Å². The summed E-state index contributed by atoms with van der Waals surface area (Å²) in [6, 6.07) is 15.9. The third-order valence-electron chi connectivity index (χ3n) is 5.91. The number of hydrogen-bond acceptors (Lipinski definition) is 6. The van der Waals surface area contributed by atoms with Gasteiger partial charge < -0.3 is 19.8 Å². The number of amides is 1. The summed E-state index contributed by atoms with van der Waals surface area (Å²) in [5.41, 5.74) is 2.71. The lowest BCUT2D eigenvalue weighted by atomic mass is 10.2. The molecule has 3 aromatic rings. The standard InChI is InChI=1S/C26H32N4O4/c1-3-33-20-10-11-22-21(16-20)24(25(27-22)26(32)34-4-2)28-23(31)18-30-14-12-29(13-15-30)17-19-8-6-5-7-9-19/h5-11,16,27H,3-4,12-15,17-18H2,1-2H3,(H,28,31). The summed E-state index contributed by atoms with van der Waals surface area (Å²) in [4.78, 5) is 33.2. The number of aromatic amines is 1. The fourth-order valence-electron chi connectivity index (χ4n) is 4.24. The molecule has 1 amide bonds. The zero-order chi connectivity index (χ0) is 23.9. The van der Waals surface area contributed by atoms with Crippen LogP contribution in [0.1, 0.15) is 29.9 Å². The second-order valence-electron chi connectivity index (χ2n) is 8.32. The first-order valence-electron chi connectivity index (χ1n) is 11.8. The number of esters is 1. The summed E-state index contributed by atoms with van der Waals surface area (Å²) < 4.78 is 10.8. The van der Waals surface area contributed by atoms with Gasteiger partial charge in [0.1, 0.15) is 11.4 Å². The van der Waals surface area contributed by atoms with Crippen LogP contribution in [0.2, 0.25) is 0 Å². The normalized spacial score (nSPS) is 14.8. The number of rotatable bonds is 9. The molecule has 4 rings (SSSR count). The molecule has 1 aliphatic rings. The molecule has 8 nitrogen and oxygen atoms in total. The van der Waals surface area contributed by atoms with Crippen molar-refractivity contribution in [1.82, 2.24) is 14.8 Å². The van der Waals surface area contributed by atoms with Gasteiger partial charge in [-0.3, -0.25) is 14.6 Å². The summed E-state index contributed by atoms with van der Waals surface area (Å²) in [7, 11) is 0. The van der Waals surface area contributed by atoms with Crippen molar-refractivity contribution >= 4 is 28.5 Å². The third-order valence-corrected chi connectivity index (χ3v) is 5.91. The van der Waals surface area contributed by atoms with Gasteiger partial charge in [-0.05, 0) is 37.6 Å². The van der Waals surface area contributed by atoms with Crippen molar-refractivity contribution < 1.29 is 19.1 Å². The lowest BCUT2D eigenvalue weighted by molar-refractivity contribution is -0.117. The van der Waals surface area contributed by atoms with Crippen LogP contribution in [0, 0.1) is 0 Å². The van der Waals surface area contributed by atoms with Gasteiger partial charge >= 0.3 is 5.97 Å². The molecule has 1 aromatic heterocycles. The van der Waals surface area contributed by atoms with E-state index in [0.717, 1.165) is 43.6 Å². The van der Waals surface area contributed by atoms with E-state index in [9.17, 15) is 9.59 Å². The molecule has 1 aliphatic heterocycles. The summed E-state index contributed by atoms with van der Waals surface area (Å²) in [5.74, 6) is 0.0145. The zero-order valence-electron chi connectivity index (χ0n) is 19.8. The molecule has 0 aliphatic carbocycles. The summed E-state index contributed by atoms with van der Waals surface area (Å²) in [6.07, 6.45) is 0. The van der Waals surface area contributed by atoms with Crippen LogP contribution in [0.25, 0.3) is 10.9 Å². The average Bonchev–Trinajstić information content (AvgIpc) is 3.19. The molecule has 34 heavy (non-hydrogen) atoms. The monoisotopic (exact) mass is 464 g/mol. The highest BCUT2D eigenvalue weighted by atomic mass is 16.5. The van der Waals surface area contributed by atoms with Gasteiger partial charge in [-0.2, -0.15) is 0 Å². The maximum Gasteiger partial charge on any atom is 0.356 e. The topological polar surface area (TPSA) is 86.9 Å². The minimum Gasteiger partial charge on any atom is -0.494 e. The average molecular weight is 465 g/mol. The molecule has 1 saturated heterocycles. The number of benzene rings is 2. The molecule has 2 aromatic carbocycles. The van der Waals surface area contributed by atoms with Gasteiger partial charge in [0.05, 0.1) is 25.4 Å². The molecule has 0 atom stereocenters. The fourth-order valence-corrected chi connectivity index (χ4v) is 4.24. The summed E-state index contributed by atoms with van der Waals surface area (Å²) in [5, 5.41) is 3.68. The number of fused-ring (bicyclic) bond motifs is 1. The van der Waals surface area contributed by atoms with Crippen LogP contribution < -0.4 is 10.1 Å². The number of carbonyl (C=O) groups excluding carboxylic acids is 2. The fraction of sp³-hybridized carbons (Fsp3) is 0.385. The summed E-state index contributed by atoms with van der Waals surface area (Å²) >= 11 is 0. The van der Waals surface area contributed by atoms with E-state index in [1.807, 2.05) is 31.2 Å².